The Morgan fingerprint density at radius 2 is 1.50 bits per heavy atom. The minimum Gasteiger partial charge on any atom is -1.00 e. The second-order valence-electron chi connectivity index (χ2n) is 0.316. The van der Waals surface area contributed by atoms with E-state index in [-0.39, 0.29) is 48.5 Å². The monoisotopic (exact) mass is 106 g/mol. The molecule has 0 aromatic rings. The first-order valence-electron chi connectivity index (χ1n) is 1.02. The molecule has 0 spiro atoms. The topological polar surface area (TPSA) is 83.2 Å². The molecular weight excluding hydrogens is 95.0 g/mol. The van der Waals surface area contributed by atoms with Crippen LogP contribution in [0.2, 0.25) is 0 Å². The van der Waals surface area contributed by atoms with Gasteiger partial charge in [0.25, 0.3) is 0 Å². The largest absolute Gasteiger partial charge is 1.00 e. The number of rotatable bonds is 0. The molecule has 0 aromatic carbocycles. The molecule has 0 amide bonds. The summed E-state index contributed by atoms with van der Waals surface area (Å²) in [5.74, 6) is 0. The molecule has 0 radical (unpaired) electrons. The van der Waals surface area contributed by atoms with Crippen LogP contribution in [0.15, 0.2) is 0 Å². The third-order valence-corrected chi connectivity index (χ3v) is 0. The van der Waals surface area contributed by atoms with Gasteiger partial charge in [0.05, 0.1) is 0 Å². The van der Waals surface area contributed by atoms with E-state index in [4.69, 9.17) is 5.11 Å². The molecule has 6 heavy (non-hydrogen) atoms. The molecular formula is C2H11NaO3. The molecule has 0 fully saturated rings. The predicted molar refractivity (Wildman–Crippen MR) is 21.1 cm³/mol. The van der Waals surface area contributed by atoms with Gasteiger partial charge in [0, 0.05) is 6.61 Å². The summed E-state index contributed by atoms with van der Waals surface area (Å²) in [6.07, 6.45) is 0. The second kappa shape index (κ2) is 39.6. The van der Waals surface area contributed by atoms with Crippen LogP contribution in [0.3, 0.4) is 0 Å². The standard InChI is InChI=1S/C2H6O.Na.2H2O.H/c1-2-3;;;;/h3H,2H2,1H3;;2*1H2;/q;+1;;;-1. The summed E-state index contributed by atoms with van der Waals surface area (Å²) < 4.78 is 0. The zero-order chi connectivity index (χ0) is 2.71. The fourth-order valence-electron chi connectivity index (χ4n) is 0. The normalized spacial score (nSPS) is 3.00. The van der Waals surface area contributed by atoms with Crippen LogP contribution in [-0.2, 0) is 0 Å². The van der Waals surface area contributed by atoms with Gasteiger partial charge in [-0.25, -0.2) is 0 Å². The van der Waals surface area contributed by atoms with E-state index in [1.165, 1.54) is 0 Å². The quantitative estimate of drug-likeness (QED) is 0.310. The van der Waals surface area contributed by atoms with E-state index in [0.29, 0.717) is 0 Å². The first-order chi connectivity index (χ1) is 1.41. The SMILES string of the molecule is CCO.O.O.[H-].[Na+]. The summed E-state index contributed by atoms with van der Waals surface area (Å²) in [5, 5.41) is 7.57. The van der Waals surface area contributed by atoms with Crippen molar-refractivity contribution in [2.75, 3.05) is 6.61 Å². The molecule has 5 N–H and O–H groups in total. The molecule has 0 aliphatic heterocycles. The molecule has 0 heterocycles. The average molecular weight is 106 g/mol. The van der Waals surface area contributed by atoms with Gasteiger partial charge in [-0.05, 0) is 6.92 Å². The second-order valence-corrected chi connectivity index (χ2v) is 0.316. The Balaban J connectivity index is -0.00000000333. The molecule has 0 atom stereocenters. The van der Waals surface area contributed by atoms with Crippen molar-refractivity contribution in [3.8, 4) is 0 Å². The van der Waals surface area contributed by atoms with Gasteiger partial charge in [0.15, 0.2) is 0 Å². The molecule has 0 saturated heterocycles. The molecule has 38 valence electrons. The molecule has 0 aliphatic carbocycles. The van der Waals surface area contributed by atoms with Gasteiger partial charge >= 0.3 is 29.6 Å². The van der Waals surface area contributed by atoms with Crippen molar-refractivity contribution < 1.29 is 47.0 Å². The van der Waals surface area contributed by atoms with E-state index >= 15 is 0 Å². The van der Waals surface area contributed by atoms with Crippen LogP contribution < -0.4 is 29.6 Å². The Kier molecular flexibility index (Phi) is 189. The molecule has 3 nitrogen and oxygen atoms in total. The zero-order valence-electron chi connectivity index (χ0n) is 5.15. The minimum atomic E-state index is 0. The number of hydrogen-bond donors (Lipinski definition) is 1. The molecule has 0 bridgehead atoms. The molecule has 4 heteroatoms. The maximum absolute atomic E-state index is 7.57. The van der Waals surface area contributed by atoms with Crippen molar-refractivity contribution in [2.24, 2.45) is 0 Å². The summed E-state index contributed by atoms with van der Waals surface area (Å²) in [6.45, 7) is 1.93. The Bertz CT molecular complexity index is 12.9. The van der Waals surface area contributed by atoms with Crippen molar-refractivity contribution in [3.63, 3.8) is 0 Å². The van der Waals surface area contributed by atoms with Crippen molar-refractivity contribution in [2.45, 2.75) is 6.92 Å². The van der Waals surface area contributed by atoms with Crippen LogP contribution in [0.25, 0.3) is 0 Å². The maximum Gasteiger partial charge on any atom is 1.00 e. The number of aliphatic hydroxyl groups excluding tert-OH is 1. The van der Waals surface area contributed by atoms with E-state index in [1.807, 2.05) is 0 Å². The van der Waals surface area contributed by atoms with Gasteiger partial charge in [-0.2, -0.15) is 0 Å². The third kappa shape index (κ3) is 94.9. The smallest absolute Gasteiger partial charge is 1.00 e. The molecule has 0 saturated carbocycles. The molecule has 0 aliphatic rings. The first-order valence-corrected chi connectivity index (χ1v) is 1.02. The van der Waals surface area contributed by atoms with Crippen LogP contribution in [-0.4, -0.2) is 22.7 Å². The summed E-state index contributed by atoms with van der Waals surface area (Å²) in [7, 11) is 0. The van der Waals surface area contributed by atoms with Crippen LogP contribution in [0, 0.1) is 0 Å². The van der Waals surface area contributed by atoms with Crippen LogP contribution in [0.1, 0.15) is 8.35 Å². The third-order valence-electron chi connectivity index (χ3n) is 0. The van der Waals surface area contributed by atoms with E-state index in [9.17, 15) is 0 Å². The summed E-state index contributed by atoms with van der Waals surface area (Å²) in [5.41, 5.74) is 0. The van der Waals surface area contributed by atoms with Crippen molar-refractivity contribution in [1.29, 1.82) is 0 Å². The Hall–Kier alpha value is 0.880. The van der Waals surface area contributed by atoms with Crippen LogP contribution >= 0.6 is 0 Å². The summed E-state index contributed by atoms with van der Waals surface area (Å²) >= 11 is 0. The Morgan fingerprint density at radius 3 is 1.50 bits per heavy atom. The Morgan fingerprint density at radius 1 is 1.50 bits per heavy atom. The maximum atomic E-state index is 7.57. The van der Waals surface area contributed by atoms with E-state index in [1.54, 1.807) is 6.92 Å². The summed E-state index contributed by atoms with van der Waals surface area (Å²) in [6, 6.07) is 0. The molecule has 0 aromatic heterocycles. The minimum absolute atomic E-state index is 0. The number of hydrogen-bond acceptors (Lipinski definition) is 1. The van der Waals surface area contributed by atoms with Crippen LogP contribution in [0.5, 0.6) is 0 Å². The van der Waals surface area contributed by atoms with Crippen molar-refractivity contribution in [3.05, 3.63) is 0 Å². The van der Waals surface area contributed by atoms with Gasteiger partial charge in [0.1, 0.15) is 0 Å². The van der Waals surface area contributed by atoms with Gasteiger partial charge in [0.2, 0.25) is 0 Å². The van der Waals surface area contributed by atoms with E-state index in [0.717, 1.165) is 0 Å². The zero-order valence-corrected chi connectivity index (χ0v) is 6.15. The van der Waals surface area contributed by atoms with Crippen molar-refractivity contribution >= 4 is 0 Å². The number of aliphatic hydroxyl groups is 1. The van der Waals surface area contributed by atoms with Gasteiger partial charge in [-0.1, -0.05) is 0 Å². The van der Waals surface area contributed by atoms with Crippen LogP contribution in [0.4, 0.5) is 0 Å². The van der Waals surface area contributed by atoms with E-state index in [2.05, 4.69) is 0 Å². The molecule has 0 rings (SSSR count). The van der Waals surface area contributed by atoms with Gasteiger partial charge in [-0.3, -0.25) is 0 Å². The fourth-order valence-corrected chi connectivity index (χ4v) is 0. The van der Waals surface area contributed by atoms with Crippen molar-refractivity contribution in [1.82, 2.24) is 0 Å². The molecule has 0 unspecified atom stereocenters. The first kappa shape index (κ1) is 28.7. The Labute approximate surface area is 60.8 Å². The predicted octanol–water partition coefficient (Wildman–Crippen LogP) is -4.53. The van der Waals surface area contributed by atoms with Gasteiger partial charge < -0.3 is 17.5 Å². The van der Waals surface area contributed by atoms with Gasteiger partial charge in [-0.15, -0.1) is 0 Å². The van der Waals surface area contributed by atoms with E-state index < -0.39 is 0 Å². The fraction of sp³-hybridized carbons (Fsp3) is 1.00. The average Bonchev–Trinajstić information content (AvgIpc) is 0.918. The summed E-state index contributed by atoms with van der Waals surface area (Å²) in [4.78, 5) is 0.